The van der Waals surface area contributed by atoms with Gasteiger partial charge in [0.2, 0.25) is 5.06 Å². The number of rotatable bonds is 3. The van der Waals surface area contributed by atoms with E-state index in [1.165, 1.54) is 6.92 Å². The molecule has 1 N–H and O–H groups in total. The maximum absolute atomic E-state index is 9.28. The molecule has 2 nitrogen and oxygen atoms in total. The molecule has 0 heterocycles. The Morgan fingerprint density at radius 3 is 2.07 bits per heavy atom. The summed E-state index contributed by atoms with van der Waals surface area (Å²) in [6, 6.07) is 8.72. The summed E-state index contributed by atoms with van der Waals surface area (Å²) in [7, 11) is 0. The van der Waals surface area contributed by atoms with Gasteiger partial charge in [-0.25, -0.2) is 0 Å². The Hall–Kier alpha value is -0.150. The molecule has 0 aliphatic carbocycles. The fourth-order valence-electron chi connectivity index (χ4n) is 0.771. The van der Waals surface area contributed by atoms with Gasteiger partial charge in [0.1, 0.15) is 5.75 Å². The van der Waals surface area contributed by atoms with Crippen molar-refractivity contribution in [3.05, 3.63) is 30.3 Å². The summed E-state index contributed by atoms with van der Waals surface area (Å²) in [6.45, 7) is 1.38. The van der Waals surface area contributed by atoms with E-state index >= 15 is 0 Å². The molecule has 0 spiro atoms. The Morgan fingerprint density at radius 2 is 1.64 bits per heavy atom. The van der Waals surface area contributed by atoms with E-state index in [4.69, 9.17) is 39.5 Å². The van der Waals surface area contributed by atoms with Crippen molar-refractivity contribution in [2.45, 2.75) is 16.5 Å². The van der Waals surface area contributed by atoms with Gasteiger partial charge in [-0.05, 0) is 19.1 Å². The highest BCUT2D eigenvalue weighted by molar-refractivity contribution is 6.51. The minimum atomic E-state index is -2.16. The summed E-state index contributed by atoms with van der Waals surface area (Å²) in [5, 5.41) is 7.68. The normalized spacial score (nSPS) is 16.1. The van der Waals surface area contributed by atoms with E-state index in [2.05, 4.69) is 0 Å². The molecule has 1 unspecified atom stereocenters. The molecule has 78 valence electrons. The standard InChI is InChI=1S/C9H9Cl3O2/c1-8(10,9(11,12)13)14-7-5-3-2-4-6-7/h2-6,13H,1H3. The molecule has 0 aliphatic heterocycles. The minimum Gasteiger partial charge on any atom is -0.466 e. The number of alkyl halides is 3. The molecule has 0 amide bonds. The van der Waals surface area contributed by atoms with E-state index in [0.29, 0.717) is 5.75 Å². The molecule has 5 heteroatoms. The number of aliphatic hydroxyl groups is 1. The van der Waals surface area contributed by atoms with Crippen molar-refractivity contribution in [1.29, 1.82) is 0 Å². The van der Waals surface area contributed by atoms with E-state index in [-0.39, 0.29) is 0 Å². The molecule has 0 aromatic heterocycles. The Labute approximate surface area is 97.3 Å². The van der Waals surface area contributed by atoms with Gasteiger partial charge in [-0.15, -0.1) is 0 Å². The van der Waals surface area contributed by atoms with Gasteiger partial charge < -0.3 is 9.84 Å². The molecule has 0 saturated heterocycles. The van der Waals surface area contributed by atoms with E-state index < -0.39 is 9.58 Å². The SMILES string of the molecule is CC(Cl)(Oc1ccccc1)C(O)(Cl)Cl. The largest absolute Gasteiger partial charge is 0.466 e. The molecule has 1 aromatic rings. The molecule has 1 atom stereocenters. The first kappa shape index (κ1) is 11.9. The number of para-hydroxylation sites is 1. The lowest BCUT2D eigenvalue weighted by Crippen LogP contribution is -2.43. The molecular weight excluding hydrogens is 246 g/mol. The first-order valence-corrected chi connectivity index (χ1v) is 4.99. The third kappa shape index (κ3) is 2.92. The van der Waals surface area contributed by atoms with E-state index in [1.54, 1.807) is 24.3 Å². The first-order valence-electron chi connectivity index (χ1n) is 3.86. The summed E-state index contributed by atoms with van der Waals surface area (Å²) in [5.74, 6) is 0.477. The second-order valence-corrected chi connectivity index (χ2v) is 4.88. The van der Waals surface area contributed by atoms with E-state index in [9.17, 15) is 5.11 Å². The zero-order chi connectivity index (χ0) is 10.8. The van der Waals surface area contributed by atoms with Gasteiger partial charge in [0.15, 0.2) is 0 Å². The summed E-state index contributed by atoms with van der Waals surface area (Å²) < 4.78 is 3.06. The molecule has 14 heavy (non-hydrogen) atoms. The van der Waals surface area contributed by atoms with Crippen LogP contribution in [0.3, 0.4) is 0 Å². The molecule has 0 fully saturated rings. The Morgan fingerprint density at radius 1 is 1.14 bits per heavy atom. The lowest BCUT2D eigenvalue weighted by molar-refractivity contribution is 0.0403. The van der Waals surface area contributed by atoms with Gasteiger partial charge in [0, 0.05) is 0 Å². The molecular formula is C9H9Cl3O2. The molecule has 1 aromatic carbocycles. The Kier molecular flexibility index (Phi) is 3.53. The van der Waals surface area contributed by atoms with Gasteiger partial charge >= 0.3 is 0 Å². The molecule has 1 rings (SSSR count). The van der Waals surface area contributed by atoms with Gasteiger partial charge in [-0.1, -0.05) is 53.0 Å². The van der Waals surface area contributed by atoms with Crippen molar-refractivity contribution in [2.75, 3.05) is 0 Å². The van der Waals surface area contributed by atoms with Gasteiger partial charge in [-0.2, -0.15) is 0 Å². The second-order valence-electron chi connectivity index (χ2n) is 2.87. The molecule has 0 saturated carbocycles. The lowest BCUT2D eigenvalue weighted by atomic mass is 10.3. The number of hydrogen-bond acceptors (Lipinski definition) is 2. The summed E-state index contributed by atoms with van der Waals surface area (Å²) in [4.78, 5) is 0. The summed E-state index contributed by atoms with van der Waals surface area (Å²) >= 11 is 16.7. The van der Waals surface area contributed by atoms with Crippen LogP contribution in [0.15, 0.2) is 30.3 Å². The van der Waals surface area contributed by atoms with Crippen LogP contribution in [0.1, 0.15) is 6.92 Å². The average Bonchev–Trinajstić information content (AvgIpc) is 2.03. The molecule has 0 bridgehead atoms. The zero-order valence-electron chi connectivity index (χ0n) is 7.38. The van der Waals surface area contributed by atoms with Crippen molar-refractivity contribution in [2.24, 2.45) is 0 Å². The van der Waals surface area contributed by atoms with Crippen LogP contribution in [0.25, 0.3) is 0 Å². The number of hydrogen-bond donors (Lipinski definition) is 1. The van der Waals surface area contributed by atoms with Crippen LogP contribution in [0, 0.1) is 0 Å². The zero-order valence-corrected chi connectivity index (χ0v) is 9.64. The summed E-state index contributed by atoms with van der Waals surface area (Å²) in [6.07, 6.45) is 0. The maximum atomic E-state index is 9.28. The number of benzene rings is 1. The van der Waals surface area contributed by atoms with Gasteiger partial charge in [0.25, 0.3) is 4.52 Å². The van der Waals surface area contributed by atoms with Crippen molar-refractivity contribution in [3.63, 3.8) is 0 Å². The highest BCUT2D eigenvalue weighted by Gasteiger charge is 2.45. The smallest absolute Gasteiger partial charge is 0.270 e. The number of halogens is 3. The van der Waals surface area contributed by atoms with Crippen LogP contribution in [0.5, 0.6) is 5.75 Å². The monoisotopic (exact) mass is 254 g/mol. The first-order chi connectivity index (χ1) is 6.33. The van der Waals surface area contributed by atoms with Crippen molar-refractivity contribution in [3.8, 4) is 5.75 Å². The van der Waals surface area contributed by atoms with E-state index in [1.807, 2.05) is 6.07 Å². The fourth-order valence-corrected chi connectivity index (χ4v) is 0.937. The third-order valence-corrected chi connectivity index (χ3v) is 2.86. The fraction of sp³-hybridized carbons (Fsp3) is 0.333. The van der Waals surface area contributed by atoms with Gasteiger partial charge in [0.05, 0.1) is 0 Å². The average molecular weight is 256 g/mol. The van der Waals surface area contributed by atoms with Crippen LogP contribution in [-0.2, 0) is 0 Å². The highest BCUT2D eigenvalue weighted by Crippen LogP contribution is 2.38. The molecule has 0 aliphatic rings. The Bertz CT molecular complexity index is 293. The van der Waals surface area contributed by atoms with Crippen LogP contribution < -0.4 is 4.74 Å². The van der Waals surface area contributed by atoms with Crippen LogP contribution >= 0.6 is 34.8 Å². The molecule has 0 radical (unpaired) electrons. The van der Waals surface area contributed by atoms with Gasteiger partial charge in [-0.3, -0.25) is 0 Å². The van der Waals surface area contributed by atoms with Crippen LogP contribution in [0.4, 0.5) is 0 Å². The van der Waals surface area contributed by atoms with Crippen LogP contribution in [-0.4, -0.2) is 14.7 Å². The number of ether oxygens (including phenoxy) is 1. The summed E-state index contributed by atoms with van der Waals surface area (Å²) in [5.41, 5.74) is 0. The second kappa shape index (κ2) is 4.15. The Balaban J connectivity index is 2.79. The third-order valence-electron chi connectivity index (χ3n) is 1.59. The minimum absolute atomic E-state index is 0.477. The maximum Gasteiger partial charge on any atom is 0.270 e. The van der Waals surface area contributed by atoms with E-state index in [0.717, 1.165) is 0 Å². The van der Waals surface area contributed by atoms with Crippen molar-refractivity contribution < 1.29 is 9.84 Å². The predicted octanol–water partition coefficient (Wildman–Crippen LogP) is 3.14. The van der Waals surface area contributed by atoms with Crippen molar-refractivity contribution in [1.82, 2.24) is 0 Å². The predicted molar refractivity (Wildman–Crippen MR) is 58.0 cm³/mol. The van der Waals surface area contributed by atoms with Crippen molar-refractivity contribution >= 4 is 34.8 Å². The highest BCUT2D eigenvalue weighted by atomic mass is 35.5. The van der Waals surface area contributed by atoms with Crippen LogP contribution in [0.2, 0.25) is 0 Å². The quantitative estimate of drug-likeness (QED) is 0.841. The lowest BCUT2D eigenvalue weighted by Gasteiger charge is -2.30. The topological polar surface area (TPSA) is 29.5 Å².